The van der Waals surface area contributed by atoms with Gasteiger partial charge >= 0.3 is 0 Å². The number of pyridine rings is 2. The summed E-state index contributed by atoms with van der Waals surface area (Å²) in [5, 5.41) is 4.40. The van der Waals surface area contributed by atoms with E-state index in [1.807, 2.05) is 30.5 Å². The maximum atomic E-state index is 6.05. The zero-order chi connectivity index (χ0) is 20.2. The zero-order valence-corrected chi connectivity index (χ0v) is 16.5. The Morgan fingerprint density at radius 3 is 2.87 bits per heavy atom. The van der Waals surface area contributed by atoms with E-state index >= 15 is 0 Å². The summed E-state index contributed by atoms with van der Waals surface area (Å²) in [6, 6.07) is 16.3. The van der Waals surface area contributed by atoms with Gasteiger partial charge in [-0.1, -0.05) is 24.3 Å². The van der Waals surface area contributed by atoms with E-state index in [1.165, 1.54) is 10.9 Å². The van der Waals surface area contributed by atoms with E-state index in [1.54, 1.807) is 18.6 Å². The Kier molecular flexibility index (Phi) is 5.28. The maximum Gasteiger partial charge on any atom is 0.150 e. The number of rotatable bonds is 5. The predicted molar refractivity (Wildman–Crippen MR) is 115 cm³/mol. The molecule has 0 radical (unpaired) electrons. The van der Waals surface area contributed by atoms with Crippen LogP contribution >= 0.6 is 0 Å². The highest BCUT2D eigenvalue weighted by Gasteiger charge is 2.23. The van der Waals surface area contributed by atoms with Gasteiger partial charge in [0.2, 0.25) is 0 Å². The Hall–Kier alpha value is -3.42. The Labute approximate surface area is 174 Å². The van der Waals surface area contributed by atoms with E-state index in [-0.39, 0.29) is 6.10 Å². The van der Waals surface area contributed by atoms with Gasteiger partial charge in [0.05, 0.1) is 24.0 Å². The van der Waals surface area contributed by atoms with E-state index < -0.39 is 0 Å². The molecule has 7 nitrogen and oxygen atoms in total. The van der Waals surface area contributed by atoms with Crippen LogP contribution in [0.1, 0.15) is 17.4 Å². The van der Waals surface area contributed by atoms with Gasteiger partial charge in [-0.25, -0.2) is 9.97 Å². The second-order valence-electron chi connectivity index (χ2n) is 7.25. The predicted octanol–water partition coefficient (Wildman–Crippen LogP) is 3.74. The van der Waals surface area contributed by atoms with Crippen molar-refractivity contribution in [1.82, 2.24) is 24.8 Å². The van der Waals surface area contributed by atoms with Crippen LogP contribution in [0.25, 0.3) is 10.9 Å². The third kappa shape index (κ3) is 4.12. The molecule has 0 amide bonds. The van der Waals surface area contributed by atoms with Crippen LogP contribution in [0.15, 0.2) is 73.3 Å². The first-order chi connectivity index (χ1) is 14.8. The lowest BCUT2D eigenvalue weighted by atomic mass is 10.1. The topological polar surface area (TPSA) is 76.1 Å². The van der Waals surface area contributed by atoms with E-state index in [0.717, 1.165) is 36.7 Å². The molecule has 0 saturated carbocycles. The fraction of sp³-hybridized carbons (Fsp3) is 0.217. The Bertz CT molecular complexity index is 1130. The van der Waals surface area contributed by atoms with Crippen LogP contribution in [-0.4, -0.2) is 44.5 Å². The Morgan fingerprint density at radius 2 is 1.93 bits per heavy atom. The number of morpholine rings is 1. The van der Waals surface area contributed by atoms with Crippen LogP contribution in [0.5, 0.6) is 0 Å². The lowest BCUT2D eigenvalue weighted by molar-refractivity contribution is -0.0348. The van der Waals surface area contributed by atoms with Crippen LogP contribution < -0.4 is 5.32 Å². The summed E-state index contributed by atoms with van der Waals surface area (Å²) in [5.74, 6) is 1.40. The quantitative estimate of drug-likeness (QED) is 0.549. The molecule has 5 rings (SSSR count). The number of hydrogen-bond donors (Lipinski definition) is 1. The molecule has 0 bridgehead atoms. The summed E-state index contributed by atoms with van der Waals surface area (Å²) < 4.78 is 6.05. The molecule has 0 spiro atoms. The number of anilines is 2. The largest absolute Gasteiger partial charge is 0.369 e. The van der Waals surface area contributed by atoms with Gasteiger partial charge in [-0.2, -0.15) is 0 Å². The molecule has 0 unspecified atom stereocenters. The van der Waals surface area contributed by atoms with Gasteiger partial charge in [0, 0.05) is 43.6 Å². The van der Waals surface area contributed by atoms with Crippen LogP contribution in [-0.2, 0) is 11.3 Å². The van der Waals surface area contributed by atoms with E-state index in [9.17, 15) is 0 Å². The van der Waals surface area contributed by atoms with Crippen LogP contribution in [0.4, 0.5) is 11.6 Å². The van der Waals surface area contributed by atoms with Crippen molar-refractivity contribution in [2.75, 3.05) is 25.0 Å². The van der Waals surface area contributed by atoms with Gasteiger partial charge in [0.25, 0.3) is 0 Å². The van der Waals surface area contributed by atoms with Crippen LogP contribution in [0, 0.1) is 0 Å². The molecular formula is C23H22N6O. The molecule has 3 aromatic heterocycles. The monoisotopic (exact) mass is 398 g/mol. The highest BCUT2D eigenvalue weighted by molar-refractivity contribution is 5.81. The fourth-order valence-corrected chi connectivity index (χ4v) is 3.75. The number of para-hydroxylation sites is 1. The molecule has 1 N–H and O–H groups in total. The molecule has 30 heavy (non-hydrogen) atoms. The summed E-state index contributed by atoms with van der Waals surface area (Å²) in [6.45, 7) is 3.22. The van der Waals surface area contributed by atoms with E-state index in [0.29, 0.717) is 12.4 Å². The van der Waals surface area contributed by atoms with Gasteiger partial charge in [-0.05, 0) is 29.8 Å². The van der Waals surface area contributed by atoms with E-state index in [4.69, 9.17) is 9.72 Å². The van der Waals surface area contributed by atoms with Crippen molar-refractivity contribution >= 4 is 22.5 Å². The second kappa shape index (κ2) is 8.52. The van der Waals surface area contributed by atoms with Crippen molar-refractivity contribution in [3.05, 3.63) is 84.6 Å². The normalized spacial score (nSPS) is 17.1. The summed E-state index contributed by atoms with van der Waals surface area (Å²) >= 11 is 0. The SMILES string of the molecule is c1cc(Nc2cnccn2)nc([C@H]2CN(Cc3ccnc4ccccc34)CCO2)c1. The molecular weight excluding hydrogens is 376 g/mol. The standard InChI is InChI=1S/C23H22N6O/c1-2-5-19-18(4-1)17(8-9-25-19)15-29-12-13-30-21(16-29)20-6-3-7-22(27-20)28-23-14-24-10-11-26-23/h1-11,14,21H,12-13,15-16H2,(H,26,27,28)/t21-/m1/s1. The summed E-state index contributed by atoms with van der Waals surface area (Å²) in [6.07, 6.45) is 6.78. The molecule has 1 aliphatic heterocycles. The van der Waals surface area contributed by atoms with Gasteiger partial charge in [-0.15, -0.1) is 0 Å². The summed E-state index contributed by atoms with van der Waals surface area (Å²) in [7, 11) is 0. The molecule has 1 aliphatic rings. The Morgan fingerprint density at radius 1 is 0.967 bits per heavy atom. The number of nitrogens with one attached hydrogen (secondary N) is 1. The minimum Gasteiger partial charge on any atom is -0.369 e. The third-order valence-corrected chi connectivity index (χ3v) is 5.20. The van der Waals surface area contributed by atoms with Crippen molar-refractivity contribution in [3.8, 4) is 0 Å². The lowest BCUT2D eigenvalue weighted by Gasteiger charge is -2.33. The maximum absolute atomic E-state index is 6.05. The number of aromatic nitrogens is 4. The highest BCUT2D eigenvalue weighted by atomic mass is 16.5. The molecule has 7 heteroatoms. The molecule has 1 saturated heterocycles. The lowest BCUT2D eigenvalue weighted by Crippen LogP contribution is -2.38. The number of ether oxygens (including phenoxy) is 1. The van der Waals surface area contributed by atoms with Gasteiger partial charge in [0.15, 0.2) is 0 Å². The average Bonchev–Trinajstić information content (AvgIpc) is 2.80. The van der Waals surface area contributed by atoms with Crippen molar-refractivity contribution in [3.63, 3.8) is 0 Å². The van der Waals surface area contributed by atoms with Gasteiger partial charge in [-0.3, -0.25) is 14.9 Å². The fourth-order valence-electron chi connectivity index (χ4n) is 3.75. The van der Waals surface area contributed by atoms with Crippen LogP contribution in [0.3, 0.4) is 0 Å². The van der Waals surface area contributed by atoms with Gasteiger partial charge < -0.3 is 10.1 Å². The smallest absolute Gasteiger partial charge is 0.150 e. The molecule has 4 heterocycles. The zero-order valence-electron chi connectivity index (χ0n) is 16.5. The number of fused-ring (bicyclic) bond motifs is 1. The molecule has 0 aliphatic carbocycles. The third-order valence-electron chi connectivity index (χ3n) is 5.20. The summed E-state index contributed by atoms with van der Waals surface area (Å²) in [5.41, 5.74) is 3.23. The van der Waals surface area contributed by atoms with Crippen molar-refractivity contribution in [2.24, 2.45) is 0 Å². The average molecular weight is 398 g/mol. The first-order valence-corrected chi connectivity index (χ1v) is 10.0. The molecule has 4 aromatic rings. The number of hydrogen-bond acceptors (Lipinski definition) is 7. The van der Waals surface area contributed by atoms with Crippen molar-refractivity contribution in [2.45, 2.75) is 12.6 Å². The highest BCUT2D eigenvalue weighted by Crippen LogP contribution is 2.25. The number of nitrogens with zero attached hydrogens (tertiary/aromatic N) is 5. The summed E-state index contributed by atoms with van der Waals surface area (Å²) in [4.78, 5) is 19.9. The second-order valence-corrected chi connectivity index (χ2v) is 7.25. The Balaban J connectivity index is 1.31. The first-order valence-electron chi connectivity index (χ1n) is 10.0. The molecule has 150 valence electrons. The van der Waals surface area contributed by atoms with E-state index in [2.05, 4.69) is 49.4 Å². The molecule has 1 atom stereocenters. The van der Waals surface area contributed by atoms with Gasteiger partial charge in [0.1, 0.15) is 17.7 Å². The molecule has 1 aromatic carbocycles. The minimum absolute atomic E-state index is 0.0736. The van der Waals surface area contributed by atoms with Crippen LogP contribution in [0.2, 0.25) is 0 Å². The molecule has 1 fully saturated rings. The minimum atomic E-state index is -0.0736. The van der Waals surface area contributed by atoms with Crippen molar-refractivity contribution < 1.29 is 4.74 Å². The first kappa shape index (κ1) is 18.6. The number of benzene rings is 1. The van der Waals surface area contributed by atoms with Crippen molar-refractivity contribution in [1.29, 1.82) is 0 Å².